The maximum atomic E-state index is 15.4. The lowest BCUT2D eigenvalue weighted by atomic mass is 9.95. The topological polar surface area (TPSA) is 41.6 Å². The van der Waals surface area contributed by atoms with Crippen molar-refractivity contribution in [1.29, 1.82) is 0 Å². The molecule has 9 heteroatoms. The second-order valence-corrected chi connectivity index (χ2v) is 9.04. The van der Waals surface area contributed by atoms with Crippen molar-refractivity contribution < 1.29 is 27.1 Å². The van der Waals surface area contributed by atoms with Crippen LogP contribution in [0.5, 0.6) is 0 Å². The van der Waals surface area contributed by atoms with Gasteiger partial charge in [0.15, 0.2) is 0 Å². The van der Waals surface area contributed by atoms with E-state index in [1.54, 1.807) is 12.1 Å². The zero-order valence-electron chi connectivity index (χ0n) is 17.5. The van der Waals surface area contributed by atoms with Gasteiger partial charge in [0.05, 0.1) is 25.2 Å². The van der Waals surface area contributed by atoms with Crippen LogP contribution in [-0.4, -0.2) is 54.1 Å². The third-order valence-corrected chi connectivity index (χ3v) is 6.61. The van der Waals surface area contributed by atoms with Crippen molar-refractivity contribution in [1.82, 2.24) is 9.62 Å². The van der Waals surface area contributed by atoms with E-state index < -0.39 is 41.8 Å². The molecule has 2 saturated heterocycles. The van der Waals surface area contributed by atoms with E-state index in [1.807, 2.05) is 6.92 Å². The van der Waals surface area contributed by atoms with Crippen LogP contribution >= 0.6 is 11.9 Å². The number of ether oxygens (including phenoxy) is 1. The summed E-state index contributed by atoms with van der Waals surface area (Å²) in [4.78, 5) is 14.3. The van der Waals surface area contributed by atoms with E-state index in [-0.39, 0.29) is 35.6 Å². The number of amides is 1. The highest BCUT2D eigenvalue weighted by molar-refractivity contribution is 7.97. The second-order valence-electron chi connectivity index (χ2n) is 7.94. The highest BCUT2D eigenvalue weighted by Gasteiger charge is 2.47. The Morgan fingerprint density at radius 3 is 2.56 bits per heavy atom. The number of carbonyl (C=O) groups excluding carboxylic acids is 1. The van der Waals surface area contributed by atoms with Gasteiger partial charge < -0.3 is 9.64 Å². The first kappa shape index (κ1) is 23.1. The number of hydrogen-bond donors (Lipinski definition) is 1. The van der Waals surface area contributed by atoms with Crippen LogP contribution in [0.15, 0.2) is 36.4 Å². The molecule has 4 rings (SSSR count). The van der Waals surface area contributed by atoms with Crippen LogP contribution < -0.4 is 4.72 Å². The summed E-state index contributed by atoms with van der Waals surface area (Å²) in [7, 11) is 0. The van der Waals surface area contributed by atoms with Gasteiger partial charge in [0.1, 0.15) is 29.7 Å². The van der Waals surface area contributed by atoms with E-state index in [0.717, 1.165) is 18.2 Å². The predicted molar refractivity (Wildman–Crippen MR) is 115 cm³/mol. The molecule has 1 unspecified atom stereocenters. The van der Waals surface area contributed by atoms with Crippen LogP contribution in [0.2, 0.25) is 0 Å². The number of nitrogens with zero attached hydrogens (tertiary/aromatic N) is 1. The highest BCUT2D eigenvalue weighted by atomic mass is 32.2. The third kappa shape index (κ3) is 4.65. The van der Waals surface area contributed by atoms with Crippen LogP contribution in [-0.2, 0) is 16.0 Å². The Balaban J connectivity index is 1.65. The summed E-state index contributed by atoms with van der Waals surface area (Å²) >= 11 is 1.34. The SMILES string of the molecule is CCSN[C@H]1[C@@H](F)CN(C(=O)C2CCO2)[C@H]1Cc1cccc(-c2cc(F)cc(F)c2)c1F. The zero-order valence-corrected chi connectivity index (χ0v) is 18.3. The molecular weight excluding hydrogens is 444 g/mol. The zero-order chi connectivity index (χ0) is 22.8. The molecule has 172 valence electrons. The van der Waals surface area contributed by atoms with Crippen molar-refractivity contribution in [3.05, 3.63) is 59.4 Å². The minimum absolute atomic E-state index is 0.0448. The van der Waals surface area contributed by atoms with Crippen molar-refractivity contribution >= 4 is 17.9 Å². The van der Waals surface area contributed by atoms with Gasteiger partial charge in [-0.15, -0.1) is 0 Å². The Labute approximate surface area is 188 Å². The third-order valence-electron chi connectivity index (χ3n) is 5.88. The molecule has 2 aliphatic rings. The molecule has 0 radical (unpaired) electrons. The first-order chi connectivity index (χ1) is 15.4. The largest absolute Gasteiger partial charge is 0.368 e. The maximum absolute atomic E-state index is 15.4. The fourth-order valence-electron chi connectivity index (χ4n) is 4.20. The van der Waals surface area contributed by atoms with E-state index in [2.05, 4.69) is 4.72 Å². The molecule has 0 aromatic heterocycles. The summed E-state index contributed by atoms with van der Waals surface area (Å²) < 4.78 is 66.0. The molecule has 1 N–H and O–H groups in total. The van der Waals surface area contributed by atoms with E-state index in [0.29, 0.717) is 18.8 Å². The van der Waals surface area contributed by atoms with Gasteiger partial charge in [-0.25, -0.2) is 17.6 Å². The second kappa shape index (κ2) is 9.80. The molecule has 0 spiro atoms. The number of benzene rings is 2. The molecule has 4 atom stereocenters. The summed E-state index contributed by atoms with van der Waals surface area (Å²) in [6, 6.07) is 6.10. The highest BCUT2D eigenvalue weighted by Crippen LogP contribution is 2.32. The predicted octanol–water partition coefficient (Wildman–Crippen LogP) is 4.28. The van der Waals surface area contributed by atoms with Crippen LogP contribution in [0.4, 0.5) is 17.6 Å². The molecule has 1 amide bonds. The Kier molecular flexibility index (Phi) is 7.07. The molecule has 2 heterocycles. The smallest absolute Gasteiger partial charge is 0.252 e. The van der Waals surface area contributed by atoms with Crippen LogP contribution in [0.1, 0.15) is 18.9 Å². The van der Waals surface area contributed by atoms with E-state index in [9.17, 15) is 18.0 Å². The molecule has 0 saturated carbocycles. The van der Waals surface area contributed by atoms with Gasteiger partial charge in [-0.3, -0.25) is 9.52 Å². The lowest BCUT2D eigenvalue weighted by Crippen LogP contribution is -2.51. The average Bonchev–Trinajstić information content (AvgIpc) is 3.01. The summed E-state index contributed by atoms with van der Waals surface area (Å²) in [5.74, 6) is -1.85. The minimum atomic E-state index is -1.31. The first-order valence-corrected chi connectivity index (χ1v) is 11.5. The molecule has 32 heavy (non-hydrogen) atoms. The van der Waals surface area contributed by atoms with Crippen molar-refractivity contribution in [3.8, 4) is 11.1 Å². The molecule has 2 aliphatic heterocycles. The molecule has 2 fully saturated rings. The average molecular weight is 469 g/mol. The molecular formula is C23H24F4N2O2S. The van der Waals surface area contributed by atoms with E-state index in [1.165, 1.54) is 22.9 Å². The standard InChI is InChI=1S/C23H24F4N2O2S/c1-2-32-28-22-18(26)12-29(23(30)20-6-7-31-20)19(22)10-13-4-3-5-17(21(13)27)14-8-15(24)11-16(25)9-14/h3-5,8-9,11,18-20,22,28H,2,6-7,10,12H2,1H3/t18-,19-,20?,22-/m0/s1. The quantitative estimate of drug-likeness (QED) is 0.487. The van der Waals surface area contributed by atoms with Crippen LogP contribution in [0.3, 0.4) is 0 Å². The van der Waals surface area contributed by atoms with Gasteiger partial charge in [0.25, 0.3) is 5.91 Å². The van der Waals surface area contributed by atoms with Gasteiger partial charge in [-0.2, -0.15) is 0 Å². The van der Waals surface area contributed by atoms with Gasteiger partial charge >= 0.3 is 0 Å². The normalized spacial score (nSPS) is 25.1. The van der Waals surface area contributed by atoms with Gasteiger partial charge in [0, 0.05) is 23.8 Å². The van der Waals surface area contributed by atoms with Gasteiger partial charge in [-0.05, 0) is 29.7 Å². The monoisotopic (exact) mass is 468 g/mol. The fraction of sp³-hybridized carbons (Fsp3) is 0.435. The molecule has 2 aromatic rings. The number of nitrogens with one attached hydrogen (secondary N) is 1. The Morgan fingerprint density at radius 1 is 1.22 bits per heavy atom. The van der Waals surface area contributed by atoms with Gasteiger partial charge in [-0.1, -0.05) is 37.1 Å². The first-order valence-electron chi connectivity index (χ1n) is 10.6. The van der Waals surface area contributed by atoms with E-state index >= 15 is 4.39 Å². The van der Waals surface area contributed by atoms with Crippen molar-refractivity contribution in [2.45, 2.75) is 44.1 Å². The van der Waals surface area contributed by atoms with Crippen LogP contribution in [0.25, 0.3) is 11.1 Å². The Bertz CT molecular complexity index is 968. The summed E-state index contributed by atoms with van der Waals surface area (Å²) in [6.45, 7) is 2.31. The lowest BCUT2D eigenvalue weighted by molar-refractivity contribution is -0.157. The molecule has 4 nitrogen and oxygen atoms in total. The lowest BCUT2D eigenvalue weighted by Gasteiger charge is -2.34. The number of halogens is 4. The van der Waals surface area contributed by atoms with Crippen molar-refractivity contribution in [3.63, 3.8) is 0 Å². The fourth-order valence-corrected chi connectivity index (χ4v) is 4.87. The van der Waals surface area contributed by atoms with Crippen LogP contribution in [0, 0.1) is 17.5 Å². The number of hydrogen-bond acceptors (Lipinski definition) is 4. The number of likely N-dealkylation sites (tertiary alicyclic amines) is 1. The van der Waals surface area contributed by atoms with E-state index in [4.69, 9.17) is 4.74 Å². The maximum Gasteiger partial charge on any atom is 0.252 e. The van der Waals surface area contributed by atoms with Crippen molar-refractivity contribution in [2.75, 3.05) is 18.9 Å². The molecule has 0 bridgehead atoms. The summed E-state index contributed by atoms with van der Waals surface area (Å²) in [6.07, 6.45) is -1.27. The Hall–Kier alpha value is -2.10. The molecule has 2 aromatic carbocycles. The van der Waals surface area contributed by atoms with Crippen molar-refractivity contribution in [2.24, 2.45) is 0 Å². The number of alkyl halides is 1. The summed E-state index contributed by atoms with van der Waals surface area (Å²) in [5.41, 5.74) is 0.360. The number of rotatable bonds is 7. The summed E-state index contributed by atoms with van der Waals surface area (Å²) in [5, 5.41) is 0. The van der Waals surface area contributed by atoms with Gasteiger partial charge in [0.2, 0.25) is 0 Å². The Morgan fingerprint density at radius 2 is 1.94 bits per heavy atom. The molecule has 0 aliphatic carbocycles. The number of carbonyl (C=O) groups is 1. The minimum Gasteiger partial charge on any atom is -0.368 e.